The number of nitrogens with two attached hydrogens (primary N) is 1. The van der Waals surface area contributed by atoms with Crippen molar-refractivity contribution in [2.75, 3.05) is 6.54 Å². The van der Waals surface area contributed by atoms with Gasteiger partial charge in [0, 0.05) is 17.0 Å². The minimum Gasteiger partial charge on any atom is -0.370 e. The van der Waals surface area contributed by atoms with Crippen LogP contribution in [0.5, 0.6) is 0 Å². The number of benzene rings is 1. The third-order valence-electron chi connectivity index (χ3n) is 3.38. The molecule has 0 unspecified atom stereocenters. The highest BCUT2D eigenvalue weighted by Crippen LogP contribution is 2.18. The lowest BCUT2D eigenvalue weighted by Crippen LogP contribution is -2.40. The van der Waals surface area contributed by atoms with Gasteiger partial charge >= 0.3 is 0 Å². The van der Waals surface area contributed by atoms with Gasteiger partial charge in [0.15, 0.2) is 5.96 Å². The van der Waals surface area contributed by atoms with Crippen LogP contribution in [0.15, 0.2) is 51.7 Å². The van der Waals surface area contributed by atoms with Gasteiger partial charge in [-0.05, 0) is 50.3 Å². The predicted octanol–water partition coefficient (Wildman–Crippen LogP) is 2.47. The maximum absolute atomic E-state index is 12.6. The van der Waals surface area contributed by atoms with Gasteiger partial charge < -0.3 is 11.1 Å². The summed E-state index contributed by atoms with van der Waals surface area (Å²) in [5, 5.41) is 5.09. The zero-order chi connectivity index (χ0) is 19.2. The van der Waals surface area contributed by atoms with E-state index in [1.54, 1.807) is 56.4 Å². The topological polar surface area (TPSA) is 96.6 Å². The fourth-order valence-electron chi connectivity index (χ4n) is 2.35. The van der Waals surface area contributed by atoms with Crippen LogP contribution >= 0.6 is 11.3 Å². The van der Waals surface area contributed by atoms with Crippen molar-refractivity contribution in [1.82, 2.24) is 10.0 Å². The molecule has 0 aliphatic rings. The molecule has 6 nitrogen and oxygen atoms in total. The number of guanidine groups is 1. The molecule has 0 fully saturated rings. The lowest BCUT2D eigenvalue weighted by molar-refractivity contribution is 0.491. The smallest absolute Gasteiger partial charge is 0.241 e. The molecule has 0 atom stereocenters. The van der Waals surface area contributed by atoms with Crippen LogP contribution in [0.25, 0.3) is 0 Å². The Bertz CT molecular complexity index is 838. The molecule has 1 aromatic heterocycles. The minimum atomic E-state index is -3.62. The summed E-state index contributed by atoms with van der Waals surface area (Å²) in [7, 11) is -3.62. The highest BCUT2D eigenvalue weighted by atomic mass is 32.2. The zero-order valence-electron chi connectivity index (χ0n) is 15.3. The molecule has 0 spiro atoms. The number of sulfonamides is 1. The van der Waals surface area contributed by atoms with Crippen molar-refractivity contribution in [3.63, 3.8) is 0 Å². The quantitative estimate of drug-likeness (QED) is 0.496. The van der Waals surface area contributed by atoms with Crippen molar-refractivity contribution in [2.45, 2.75) is 44.2 Å². The van der Waals surface area contributed by atoms with Gasteiger partial charge in [-0.15, -0.1) is 11.3 Å². The van der Waals surface area contributed by atoms with Gasteiger partial charge in [0.25, 0.3) is 0 Å². The highest BCUT2D eigenvalue weighted by Gasteiger charge is 2.24. The van der Waals surface area contributed by atoms with E-state index in [2.05, 4.69) is 21.1 Å². The second-order valence-corrected chi connectivity index (χ2v) is 9.60. The number of thiophene rings is 1. The Hall–Kier alpha value is -1.90. The lowest BCUT2D eigenvalue weighted by atomic mass is 10.1. The molecule has 0 amide bonds. The maximum atomic E-state index is 12.6. The molecule has 0 radical (unpaired) electrons. The van der Waals surface area contributed by atoms with Crippen LogP contribution in [-0.2, 0) is 23.0 Å². The summed E-state index contributed by atoms with van der Waals surface area (Å²) in [6.45, 7) is 6.29. The van der Waals surface area contributed by atoms with Gasteiger partial charge in [0.2, 0.25) is 10.0 Å². The van der Waals surface area contributed by atoms with E-state index in [4.69, 9.17) is 5.73 Å². The summed E-state index contributed by atoms with van der Waals surface area (Å²) in [4.78, 5) is 5.78. The van der Waals surface area contributed by atoms with Crippen molar-refractivity contribution in [2.24, 2.45) is 10.7 Å². The molecule has 0 saturated carbocycles. The Labute approximate surface area is 159 Å². The van der Waals surface area contributed by atoms with E-state index in [-0.39, 0.29) is 11.4 Å². The first-order valence-corrected chi connectivity index (χ1v) is 10.7. The summed E-state index contributed by atoms with van der Waals surface area (Å²) >= 11 is 1.70. The fourth-order valence-corrected chi connectivity index (χ4v) is 4.71. The largest absolute Gasteiger partial charge is 0.370 e. The Balaban J connectivity index is 2.03. The number of aliphatic imine (C=N–C) groups is 1. The maximum Gasteiger partial charge on any atom is 0.241 e. The third-order valence-corrected chi connectivity index (χ3v) is 6.17. The molecule has 0 aliphatic heterocycles. The van der Waals surface area contributed by atoms with Crippen molar-refractivity contribution in [3.05, 3.63) is 52.2 Å². The summed E-state index contributed by atoms with van der Waals surface area (Å²) in [6, 6.07) is 10.9. The van der Waals surface area contributed by atoms with E-state index in [0.29, 0.717) is 18.1 Å². The lowest BCUT2D eigenvalue weighted by Gasteiger charge is -2.21. The monoisotopic (exact) mass is 394 g/mol. The molecule has 1 aromatic carbocycles. The Morgan fingerprint density at radius 1 is 1.19 bits per heavy atom. The van der Waals surface area contributed by atoms with Crippen LogP contribution < -0.4 is 15.8 Å². The van der Waals surface area contributed by atoms with Crippen LogP contribution in [-0.4, -0.2) is 26.5 Å². The molecule has 2 aromatic rings. The Morgan fingerprint density at radius 2 is 1.92 bits per heavy atom. The highest BCUT2D eigenvalue weighted by molar-refractivity contribution is 7.89. The number of nitrogens with zero attached hydrogens (tertiary/aromatic N) is 1. The molecule has 26 heavy (non-hydrogen) atoms. The van der Waals surface area contributed by atoms with Gasteiger partial charge in [0.1, 0.15) is 0 Å². The fraction of sp³-hybridized carbons (Fsp3) is 0.389. The molecule has 8 heteroatoms. The summed E-state index contributed by atoms with van der Waals surface area (Å²) in [6.07, 6.45) is 0.869. The molecule has 1 heterocycles. The van der Waals surface area contributed by atoms with Gasteiger partial charge in [-0.3, -0.25) is 0 Å². The summed E-state index contributed by atoms with van der Waals surface area (Å²) < 4.78 is 27.9. The SMILES string of the molecule is CC(C)(C)NS(=O)(=O)c1ccccc1CN=C(N)NCCc1cccs1. The number of rotatable bonds is 7. The van der Waals surface area contributed by atoms with Crippen LogP contribution in [0.3, 0.4) is 0 Å². The Morgan fingerprint density at radius 3 is 2.58 bits per heavy atom. The average Bonchev–Trinajstić information content (AvgIpc) is 3.04. The molecule has 4 N–H and O–H groups in total. The first-order chi connectivity index (χ1) is 12.2. The predicted molar refractivity (Wildman–Crippen MR) is 108 cm³/mol. The Kier molecular flexibility index (Phi) is 6.80. The number of hydrogen-bond donors (Lipinski definition) is 3. The van der Waals surface area contributed by atoms with E-state index < -0.39 is 15.6 Å². The molecule has 0 aliphatic carbocycles. The normalized spacial score (nSPS) is 13.0. The molecular weight excluding hydrogens is 368 g/mol. The summed E-state index contributed by atoms with van der Waals surface area (Å²) in [5.41, 5.74) is 5.95. The van der Waals surface area contributed by atoms with Crippen molar-refractivity contribution < 1.29 is 8.42 Å². The van der Waals surface area contributed by atoms with Crippen LogP contribution in [0.4, 0.5) is 0 Å². The third kappa shape index (κ3) is 6.44. The van der Waals surface area contributed by atoms with Crippen LogP contribution in [0.1, 0.15) is 31.2 Å². The first-order valence-electron chi connectivity index (χ1n) is 8.35. The molecule has 0 bridgehead atoms. The molecular formula is C18H26N4O2S2. The van der Waals surface area contributed by atoms with Crippen LogP contribution in [0.2, 0.25) is 0 Å². The second-order valence-electron chi connectivity index (χ2n) is 6.92. The number of nitrogens with one attached hydrogen (secondary N) is 2. The van der Waals surface area contributed by atoms with Crippen molar-refractivity contribution >= 4 is 27.3 Å². The van der Waals surface area contributed by atoms with Crippen molar-refractivity contribution in [1.29, 1.82) is 0 Å². The van der Waals surface area contributed by atoms with E-state index in [1.165, 1.54) is 4.88 Å². The number of hydrogen-bond acceptors (Lipinski definition) is 4. The van der Waals surface area contributed by atoms with E-state index in [0.717, 1.165) is 6.42 Å². The van der Waals surface area contributed by atoms with Crippen molar-refractivity contribution in [3.8, 4) is 0 Å². The minimum absolute atomic E-state index is 0.194. The van der Waals surface area contributed by atoms with E-state index in [1.807, 2.05) is 11.4 Å². The molecule has 142 valence electrons. The van der Waals surface area contributed by atoms with E-state index >= 15 is 0 Å². The van der Waals surface area contributed by atoms with Gasteiger partial charge in [-0.1, -0.05) is 24.3 Å². The molecule has 2 rings (SSSR count). The molecule has 0 saturated heterocycles. The second kappa shape index (κ2) is 8.66. The summed E-state index contributed by atoms with van der Waals surface area (Å²) in [5.74, 6) is 0.303. The van der Waals surface area contributed by atoms with E-state index in [9.17, 15) is 8.42 Å². The van der Waals surface area contributed by atoms with Gasteiger partial charge in [-0.2, -0.15) is 0 Å². The first kappa shape index (κ1) is 20.4. The average molecular weight is 395 g/mol. The van der Waals surface area contributed by atoms with Gasteiger partial charge in [0.05, 0.1) is 11.4 Å². The van der Waals surface area contributed by atoms with Gasteiger partial charge in [-0.25, -0.2) is 18.1 Å². The standard InChI is InChI=1S/C18H26N4O2S2/c1-18(2,3)22-26(23,24)16-9-5-4-7-14(16)13-21-17(19)20-11-10-15-8-6-12-25-15/h4-9,12,22H,10-11,13H2,1-3H3,(H3,19,20,21). The zero-order valence-corrected chi connectivity index (χ0v) is 17.0. The van der Waals surface area contributed by atoms with Crippen LogP contribution in [0, 0.1) is 0 Å².